The lowest BCUT2D eigenvalue weighted by molar-refractivity contribution is -0.151. The maximum atomic E-state index is 12.1. The molecule has 0 spiro atoms. The highest BCUT2D eigenvalue weighted by atomic mass is 32.2. The Bertz CT molecular complexity index is 560. The molecule has 0 saturated heterocycles. The Morgan fingerprint density at radius 2 is 1.31 bits per heavy atom. The largest absolute Gasteiger partial charge is 0.465 e. The highest BCUT2D eigenvalue weighted by Crippen LogP contribution is 2.25. The average molecular weight is 390 g/mol. The van der Waals surface area contributed by atoms with Crippen molar-refractivity contribution in [3.8, 4) is 0 Å². The van der Waals surface area contributed by atoms with Crippen molar-refractivity contribution in [3.63, 3.8) is 0 Å². The molecule has 1 N–H and O–H groups in total. The number of rotatable bonds is 8. The first-order chi connectivity index (χ1) is 12.4. The molecular weight excluding hydrogens is 360 g/mol. The molecule has 26 heavy (non-hydrogen) atoms. The van der Waals surface area contributed by atoms with Gasteiger partial charge in [0.2, 0.25) is 0 Å². The Hall–Kier alpha value is -1.15. The third-order valence-electron chi connectivity index (χ3n) is 5.37. The van der Waals surface area contributed by atoms with Gasteiger partial charge in [-0.1, -0.05) is 38.5 Å². The number of hydrogen-bond donors (Lipinski definition) is 1. The molecule has 1 atom stereocenters. The first kappa shape index (κ1) is 21.2. The van der Waals surface area contributed by atoms with E-state index in [2.05, 4.69) is 0 Å². The number of hydrogen-bond acceptors (Lipinski definition) is 6. The van der Waals surface area contributed by atoms with E-state index in [1.807, 2.05) is 0 Å². The molecule has 1 unspecified atom stereocenters. The molecule has 2 rings (SSSR count). The fourth-order valence-corrected chi connectivity index (χ4v) is 4.39. The van der Waals surface area contributed by atoms with Gasteiger partial charge >= 0.3 is 11.9 Å². The minimum Gasteiger partial charge on any atom is -0.465 e. The summed E-state index contributed by atoms with van der Waals surface area (Å²) in [6, 6.07) is 0. The van der Waals surface area contributed by atoms with E-state index in [1.54, 1.807) is 0 Å². The molecule has 2 saturated carbocycles. The van der Waals surface area contributed by atoms with Crippen LogP contribution < -0.4 is 0 Å². The SMILES string of the molecule is O=C(CC(C(=O)OCC1CCCCC1)S(=O)(=O)O)OCC1CCCCC1. The van der Waals surface area contributed by atoms with Crippen LogP contribution in [-0.2, 0) is 29.2 Å². The number of ether oxygens (including phenoxy) is 2. The van der Waals surface area contributed by atoms with Crippen molar-refractivity contribution in [2.75, 3.05) is 13.2 Å². The van der Waals surface area contributed by atoms with Gasteiger partial charge in [-0.2, -0.15) is 8.42 Å². The molecule has 0 aliphatic heterocycles. The molecule has 0 heterocycles. The molecule has 150 valence electrons. The van der Waals surface area contributed by atoms with Crippen LogP contribution in [0, 0.1) is 11.8 Å². The fourth-order valence-electron chi connectivity index (χ4n) is 3.73. The highest BCUT2D eigenvalue weighted by molar-refractivity contribution is 7.87. The topological polar surface area (TPSA) is 107 Å². The zero-order valence-electron chi connectivity index (χ0n) is 15.2. The predicted octanol–water partition coefficient (Wildman–Crippen LogP) is 2.88. The lowest BCUT2D eigenvalue weighted by atomic mass is 9.90. The second-order valence-corrected chi connectivity index (χ2v) is 9.13. The minimum absolute atomic E-state index is 0.127. The van der Waals surface area contributed by atoms with Crippen molar-refractivity contribution in [2.45, 2.75) is 75.9 Å². The molecule has 2 aliphatic rings. The maximum absolute atomic E-state index is 12.1. The van der Waals surface area contributed by atoms with Gasteiger partial charge in [0.05, 0.1) is 19.6 Å². The zero-order chi connectivity index (χ0) is 19.0. The minimum atomic E-state index is -4.73. The van der Waals surface area contributed by atoms with Crippen LogP contribution in [-0.4, -0.2) is 43.4 Å². The molecule has 0 bridgehead atoms. The van der Waals surface area contributed by atoms with Crippen LogP contribution in [0.1, 0.15) is 70.6 Å². The summed E-state index contributed by atoms with van der Waals surface area (Å²) in [5, 5.41) is -1.91. The van der Waals surface area contributed by atoms with E-state index in [0.717, 1.165) is 57.8 Å². The van der Waals surface area contributed by atoms with Gasteiger partial charge in [-0.15, -0.1) is 0 Å². The van der Waals surface area contributed by atoms with Gasteiger partial charge < -0.3 is 9.47 Å². The van der Waals surface area contributed by atoms with Crippen molar-refractivity contribution in [1.29, 1.82) is 0 Å². The van der Waals surface area contributed by atoms with E-state index in [0.29, 0.717) is 0 Å². The Balaban J connectivity index is 1.81. The Labute approximate surface area is 155 Å². The van der Waals surface area contributed by atoms with Crippen molar-refractivity contribution >= 4 is 22.1 Å². The summed E-state index contributed by atoms with van der Waals surface area (Å²) < 4.78 is 42.5. The normalized spacial score (nSPS) is 21.1. The van der Waals surface area contributed by atoms with Crippen LogP contribution in [0.25, 0.3) is 0 Å². The van der Waals surface area contributed by atoms with E-state index in [1.165, 1.54) is 6.42 Å². The molecule has 2 fully saturated rings. The molecule has 7 nitrogen and oxygen atoms in total. The molecular formula is C18H30O7S. The van der Waals surface area contributed by atoms with Crippen LogP contribution in [0.15, 0.2) is 0 Å². The zero-order valence-corrected chi connectivity index (χ0v) is 16.0. The Morgan fingerprint density at radius 1 is 0.846 bits per heavy atom. The van der Waals surface area contributed by atoms with E-state index in [9.17, 15) is 22.6 Å². The van der Waals surface area contributed by atoms with Crippen LogP contribution in [0.5, 0.6) is 0 Å². The average Bonchev–Trinajstić information content (AvgIpc) is 2.63. The van der Waals surface area contributed by atoms with Gasteiger partial charge in [-0.05, 0) is 37.5 Å². The van der Waals surface area contributed by atoms with E-state index >= 15 is 0 Å². The summed E-state index contributed by atoms with van der Waals surface area (Å²) in [5.74, 6) is -1.37. The number of carbonyl (C=O) groups is 2. The summed E-state index contributed by atoms with van der Waals surface area (Å²) in [7, 11) is -4.73. The van der Waals surface area contributed by atoms with Crippen LogP contribution in [0.2, 0.25) is 0 Å². The first-order valence-corrected chi connectivity index (χ1v) is 11.1. The van der Waals surface area contributed by atoms with E-state index in [4.69, 9.17) is 9.47 Å². The standard InChI is InChI=1S/C18H30O7S/c19-17(24-12-14-7-3-1-4-8-14)11-16(26(21,22)23)18(20)25-13-15-9-5-2-6-10-15/h14-16H,1-13H2,(H,21,22,23). The summed E-state index contributed by atoms with van der Waals surface area (Å²) in [6.07, 6.45) is 9.81. The number of esters is 2. The monoisotopic (exact) mass is 390 g/mol. The summed E-state index contributed by atoms with van der Waals surface area (Å²) >= 11 is 0. The predicted molar refractivity (Wildman–Crippen MR) is 95.0 cm³/mol. The third-order valence-corrected chi connectivity index (χ3v) is 6.44. The first-order valence-electron chi connectivity index (χ1n) is 9.65. The molecule has 0 amide bonds. The summed E-state index contributed by atoms with van der Waals surface area (Å²) in [6.45, 7) is 0.357. The summed E-state index contributed by atoms with van der Waals surface area (Å²) in [5.41, 5.74) is 0. The Kier molecular flexibility index (Phi) is 8.34. The lowest BCUT2D eigenvalue weighted by Gasteiger charge is -2.22. The second-order valence-electron chi connectivity index (χ2n) is 7.53. The van der Waals surface area contributed by atoms with Crippen LogP contribution in [0.3, 0.4) is 0 Å². The van der Waals surface area contributed by atoms with Gasteiger partial charge in [-0.3, -0.25) is 14.1 Å². The fraction of sp³-hybridized carbons (Fsp3) is 0.889. The highest BCUT2D eigenvalue weighted by Gasteiger charge is 2.36. The maximum Gasteiger partial charge on any atom is 0.327 e. The van der Waals surface area contributed by atoms with Crippen molar-refractivity contribution in [1.82, 2.24) is 0 Å². The van der Waals surface area contributed by atoms with Crippen molar-refractivity contribution in [2.24, 2.45) is 11.8 Å². The smallest absolute Gasteiger partial charge is 0.327 e. The number of carbonyl (C=O) groups excluding carboxylic acids is 2. The molecule has 2 aliphatic carbocycles. The molecule has 0 aromatic rings. The van der Waals surface area contributed by atoms with Crippen LogP contribution in [0.4, 0.5) is 0 Å². The van der Waals surface area contributed by atoms with Gasteiger partial charge in [0.25, 0.3) is 10.1 Å². The van der Waals surface area contributed by atoms with Crippen molar-refractivity contribution in [3.05, 3.63) is 0 Å². The van der Waals surface area contributed by atoms with E-state index < -0.39 is 33.7 Å². The lowest BCUT2D eigenvalue weighted by Crippen LogP contribution is -2.35. The third kappa shape index (κ3) is 7.23. The molecule has 0 aromatic heterocycles. The molecule has 8 heteroatoms. The van der Waals surface area contributed by atoms with Gasteiger partial charge in [-0.25, -0.2) is 0 Å². The summed E-state index contributed by atoms with van der Waals surface area (Å²) in [4.78, 5) is 24.1. The van der Waals surface area contributed by atoms with Crippen LogP contribution >= 0.6 is 0 Å². The van der Waals surface area contributed by atoms with E-state index in [-0.39, 0.29) is 25.0 Å². The van der Waals surface area contributed by atoms with Crippen molar-refractivity contribution < 1.29 is 32.0 Å². The van der Waals surface area contributed by atoms with Gasteiger partial charge in [0, 0.05) is 0 Å². The second kappa shape index (κ2) is 10.3. The van der Waals surface area contributed by atoms with Gasteiger partial charge in [0.1, 0.15) is 0 Å². The van der Waals surface area contributed by atoms with Gasteiger partial charge in [0.15, 0.2) is 5.25 Å². The Morgan fingerprint density at radius 3 is 1.77 bits per heavy atom. The quantitative estimate of drug-likeness (QED) is 0.501. The molecule has 0 aromatic carbocycles. The molecule has 0 radical (unpaired) electrons.